The Morgan fingerprint density at radius 2 is 2.30 bits per heavy atom. The minimum Gasteiger partial charge on any atom is -0.311 e. The average Bonchev–Trinajstić information content (AvgIpc) is 2.83. The van der Waals surface area contributed by atoms with Gasteiger partial charge in [-0.25, -0.2) is 4.68 Å². The maximum absolute atomic E-state index is 11.7. The van der Waals surface area contributed by atoms with Gasteiger partial charge >= 0.3 is 0 Å². The van der Waals surface area contributed by atoms with E-state index in [1.54, 1.807) is 16.9 Å². The van der Waals surface area contributed by atoms with E-state index in [2.05, 4.69) is 10.4 Å². The van der Waals surface area contributed by atoms with Gasteiger partial charge in [0.2, 0.25) is 5.91 Å². The highest BCUT2D eigenvalue weighted by Crippen LogP contribution is 2.14. The fourth-order valence-electron chi connectivity index (χ4n) is 1.79. The van der Waals surface area contributed by atoms with Crippen LogP contribution in [0.1, 0.15) is 18.9 Å². The zero-order valence-corrected chi connectivity index (χ0v) is 12.0. The molecule has 2 aromatic rings. The number of halogens is 1. The normalized spacial score (nSPS) is 10.9. The van der Waals surface area contributed by atoms with Crippen LogP contribution >= 0.6 is 11.6 Å². The van der Waals surface area contributed by atoms with E-state index in [9.17, 15) is 4.79 Å². The zero-order valence-electron chi connectivity index (χ0n) is 11.2. The molecule has 1 N–H and O–H groups in total. The minimum atomic E-state index is -0.0593. The number of allylic oxidation sites excluding steroid dienone is 1. The maximum Gasteiger partial charge on any atom is 0.229 e. The van der Waals surface area contributed by atoms with Gasteiger partial charge < -0.3 is 5.32 Å². The van der Waals surface area contributed by atoms with Gasteiger partial charge in [-0.1, -0.05) is 35.9 Å². The van der Waals surface area contributed by atoms with Crippen molar-refractivity contribution in [3.8, 4) is 0 Å². The second-order valence-electron chi connectivity index (χ2n) is 4.33. The first kappa shape index (κ1) is 14.3. The first-order valence-electron chi connectivity index (χ1n) is 6.36. The third-order valence-electron chi connectivity index (χ3n) is 2.74. The number of benzene rings is 1. The van der Waals surface area contributed by atoms with Crippen LogP contribution in [0.3, 0.4) is 0 Å². The number of hydrogen-bond acceptors (Lipinski definition) is 2. The van der Waals surface area contributed by atoms with Crippen LogP contribution in [0.5, 0.6) is 0 Å². The summed E-state index contributed by atoms with van der Waals surface area (Å²) in [4.78, 5) is 11.7. The highest BCUT2D eigenvalue weighted by molar-refractivity contribution is 6.30. The molecule has 104 valence electrons. The number of hydrogen-bond donors (Lipinski definition) is 1. The van der Waals surface area contributed by atoms with E-state index in [-0.39, 0.29) is 5.91 Å². The second kappa shape index (κ2) is 6.91. The van der Waals surface area contributed by atoms with E-state index in [4.69, 9.17) is 11.6 Å². The van der Waals surface area contributed by atoms with Crippen molar-refractivity contribution in [3.63, 3.8) is 0 Å². The Morgan fingerprint density at radius 3 is 3.05 bits per heavy atom. The van der Waals surface area contributed by atoms with Gasteiger partial charge in [0.15, 0.2) is 0 Å². The Kier molecular flexibility index (Phi) is 4.96. The summed E-state index contributed by atoms with van der Waals surface area (Å²) >= 11 is 5.96. The molecule has 0 aliphatic rings. The van der Waals surface area contributed by atoms with Gasteiger partial charge in [-0.3, -0.25) is 4.79 Å². The van der Waals surface area contributed by atoms with Crippen LogP contribution in [0.2, 0.25) is 5.02 Å². The van der Waals surface area contributed by atoms with Gasteiger partial charge in [0.05, 0.1) is 12.7 Å². The predicted octanol–water partition coefficient (Wildman–Crippen LogP) is 3.49. The largest absolute Gasteiger partial charge is 0.311 e. The summed E-state index contributed by atoms with van der Waals surface area (Å²) in [5, 5.41) is 7.74. The van der Waals surface area contributed by atoms with Crippen LogP contribution in [0, 0.1) is 0 Å². The number of amides is 1. The molecule has 1 aromatic carbocycles. The number of aromatic nitrogens is 2. The molecule has 0 bridgehead atoms. The first-order valence-corrected chi connectivity index (χ1v) is 6.74. The lowest BCUT2D eigenvalue weighted by Crippen LogP contribution is -2.15. The highest BCUT2D eigenvalue weighted by Gasteiger charge is 2.06. The molecule has 5 heteroatoms. The van der Waals surface area contributed by atoms with Gasteiger partial charge in [-0.05, 0) is 24.6 Å². The number of anilines is 1. The number of nitrogens with one attached hydrogen (secondary N) is 1. The quantitative estimate of drug-likeness (QED) is 0.857. The van der Waals surface area contributed by atoms with Gasteiger partial charge in [0, 0.05) is 17.5 Å². The maximum atomic E-state index is 11.7. The molecule has 2 rings (SSSR count). The summed E-state index contributed by atoms with van der Waals surface area (Å²) in [6, 6.07) is 9.35. The molecule has 0 atom stereocenters. The third-order valence-corrected chi connectivity index (χ3v) is 2.98. The Hall–Kier alpha value is -2.07. The van der Waals surface area contributed by atoms with E-state index in [0.29, 0.717) is 23.8 Å². The SMILES string of the molecule is C/C=C/CC(=O)Nc1ccnn1Cc1cccc(Cl)c1. The summed E-state index contributed by atoms with van der Waals surface area (Å²) in [5.41, 5.74) is 1.03. The van der Waals surface area contributed by atoms with E-state index < -0.39 is 0 Å². The lowest BCUT2D eigenvalue weighted by Gasteiger charge is -2.08. The molecule has 0 radical (unpaired) electrons. The topological polar surface area (TPSA) is 46.9 Å². The van der Waals surface area contributed by atoms with Crippen LogP contribution in [-0.2, 0) is 11.3 Å². The van der Waals surface area contributed by atoms with Crippen LogP contribution in [0.15, 0.2) is 48.7 Å². The first-order chi connectivity index (χ1) is 9.69. The monoisotopic (exact) mass is 289 g/mol. The van der Waals surface area contributed by atoms with Crippen LogP contribution in [-0.4, -0.2) is 15.7 Å². The summed E-state index contributed by atoms with van der Waals surface area (Å²) in [6.45, 7) is 2.45. The molecule has 0 fully saturated rings. The van der Waals surface area contributed by atoms with Crippen LogP contribution in [0.4, 0.5) is 5.82 Å². The smallest absolute Gasteiger partial charge is 0.229 e. The fraction of sp³-hybridized carbons (Fsp3) is 0.200. The molecule has 0 unspecified atom stereocenters. The van der Waals surface area contributed by atoms with Crippen molar-refractivity contribution in [1.29, 1.82) is 0 Å². The van der Waals surface area contributed by atoms with Crippen LogP contribution < -0.4 is 5.32 Å². The molecule has 0 saturated heterocycles. The van der Waals surface area contributed by atoms with E-state index in [0.717, 1.165) is 5.56 Å². The van der Waals surface area contributed by atoms with Crippen molar-refractivity contribution < 1.29 is 4.79 Å². The lowest BCUT2D eigenvalue weighted by atomic mass is 10.2. The molecule has 20 heavy (non-hydrogen) atoms. The van der Waals surface area contributed by atoms with Gasteiger partial charge in [-0.15, -0.1) is 0 Å². The molecule has 1 amide bonds. The van der Waals surface area contributed by atoms with Crippen LogP contribution in [0.25, 0.3) is 0 Å². The van der Waals surface area contributed by atoms with E-state index >= 15 is 0 Å². The molecule has 0 aliphatic carbocycles. The van der Waals surface area contributed by atoms with Gasteiger partial charge in [-0.2, -0.15) is 5.10 Å². The standard InChI is InChI=1S/C15H16ClN3O/c1-2-3-7-15(20)18-14-8-9-17-19(14)11-12-5-4-6-13(16)10-12/h2-6,8-10H,7,11H2,1H3,(H,18,20)/b3-2+. The Balaban J connectivity index is 2.07. The highest BCUT2D eigenvalue weighted by atomic mass is 35.5. The van der Waals surface area contributed by atoms with Crippen molar-refractivity contribution >= 4 is 23.3 Å². The second-order valence-corrected chi connectivity index (χ2v) is 4.76. The lowest BCUT2D eigenvalue weighted by molar-refractivity contribution is -0.115. The third kappa shape index (κ3) is 3.96. The molecule has 1 aromatic heterocycles. The summed E-state index contributed by atoms with van der Waals surface area (Å²) < 4.78 is 1.74. The molecular weight excluding hydrogens is 274 g/mol. The Morgan fingerprint density at radius 1 is 1.45 bits per heavy atom. The summed E-state index contributed by atoms with van der Waals surface area (Å²) in [7, 11) is 0. The number of carbonyl (C=O) groups excluding carboxylic acids is 1. The fourth-order valence-corrected chi connectivity index (χ4v) is 2.00. The summed E-state index contributed by atoms with van der Waals surface area (Å²) in [6.07, 6.45) is 5.69. The molecule has 0 saturated carbocycles. The minimum absolute atomic E-state index is 0.0593. The molecule has 0 spiro atoms. The molecule has 1 heterocycles. The number of carbonyl (C=O) groups is 1. The Labute approximate surface area is 123 Å². The van der Waals surface area contributed by atoms with E-state index in [1.807, 2.05) is 43.3 Å². The van der Waals surface area contributed by atoms with Gasteiger partial charge in [0.25, 0.3) is 0 Å². The molecule has 0 aliphatic heterocycles. The molecule has 4 nitrogen and oxygen atoms in total. The molecular formula is C15H16ClN3O. The Bertz CT molecular complexity index is 619. The van der Waals surface area contributed by atoms with Crippen molar-refractivity contribution in [2.45, 2.75) is 19.9 Å². The predicted molar refractivity (Wildman–Crippen MR) is 80.8 cm³/mol. The van der Waals surface area contributed by atoms with Crippen molar-refractivity contribution in [3.05, 3.63) is 59.3 Å². The van der Waals surface area contributed by atoms with Crippen molar-refractivity contribution in [2.75, 3.05) is 5.32 Å². The van der Waals surface area contributed by atoms with Crippen molar-refractivity contribution in [2.24, 2.45) is 0 Å². The van der Waals surface area contributed by atoms with Gasteiger partial charge in [0.1, 0.15) is 5.82 Å². The number of rotatable bonds is 5. The summed E-state index contributed by atoms with van der Waals surface area (Å²) in [5.74, 6) is 0.621. The van der Waals surface area contributed by atoms with E-state index in [1.165, 1.54) is 0 Å². The van der Waals surface area contributed by atoms with Crippen molar-refractivity contribution in [1.82, 2.24) is 9.78 Å². The number of nitrogens with zero attached hydrogens (tertiary/aromatic N) is 2. The zero-order chi connectivity index (χ0) is 14.4. The average molecular weight is 290 g/mol.